The summed E-state index contributed by atoms with van der Waals surface area (Å²) in [5.74, 6) is -1.37. The van der Waals surface area contributed by atoms with Crippen molar-refractivity contribution in [1.82, 2.24) is 15.3 Å². The van der Waals surface area contributed by atoms with Gasteiger partial charge < -0.3 is 57.7 Å². The molecule has 0 bridgehead atoms. The highest BCUT2D eigenvalue weighted by Crippen LogP contribution is 2.50. The Morgan fingerprint density at radius 2 is 1.39 bits per heavy atom. The van der Waals surface area contributed by atoms with E-state index in [1.807, 2.05) is 111 Å². The topological polar surface area (TPSA) is 149 Å². The third kappa shape index (κ3) is 14.5. The van der Waals surface area contributed by atoms with Crippen LogP contribution in [0.4, 0.5) is 18.0 Å². The second-order valence-electron chi connectivity index (χ2n) is 16.5. The molecule has 4 aromatic carbocycles. The van der Waals surface area contributed by atoms with Crippen LogP contribution in [0.2, 0.25) is 0 Å². The summed E-state index contributed by atoms with van der Waals surface area (Å²) in [6.07, 6.45) is -9.96. The molecular weight excluding hydrogens is 921 g/mol. The van der Waals surface area contributed by atoms with E-state index in [9.17, 15) is 22.8 Å². The lowest BCUT2D eigenvalue weighted by molar-refractivity contribution is -0.258. The number of hydrogen-bond donors (Lipinski definition) is 2. The Bertz CT molecular complexity index is 2200. The van der Waals surface area contributed by atoms with Crippen LogP contribution in [-0.4, -0.2) is 114 Å². The summed E-state index contributed by atoms with van der Waals surface area (Å²) in [5, 5.41) is 4.80. The average molecular weight is 983 g/mol. The van der Waals surface area contributed by atoms with Gasteiger partial charge in [-0.2, -0.15) is 13.2 Å². The van der Waals surface area contributed by atoms with Crippen LogP contribution < -0.4 is 24.8 Å². The minimum absolute atomic E-state index is 0.00154. The van der Waals surface area contributed by atoms with Crippen LogP contribution in [0.5, 0.6) is 17.2 Å². The fourth-order valence-corrected chi connectivity index (χ4v) is 9.82. The van der Waals surface area contributed by atoms with Gasteiger partial charge in [0.25, 0.3) is 8.53 Å². The molecule has 0 radical (unpaired) electrons. The first-order valence-electron chi connectivity index (χ1n) is 22.4. The first-order chi connectivity index (χ1) is 33.1. The van der Waals surface area contributed by atoms with Gasteiger partial charge in [-0.25, -0.2) is 16.0 Å². The Labute approximate surface area is 403 Å². The van der Waals surface area contributed by atoms with E-state index < -0.39 is 69.4 Å². The fourth-order valence-electron chi connectivity index (χ4n) is 7.99. The van der Waals surface area contributed by atoms with Gasteiger partial charge in [0, 0.05) is 24.5 Å². The number of benzene rings is 4. The second kappa shape index (κ2) is 25.9. The van der Waals surface area contributed by atoms with Crippen molar-refractivity contribution < 1.29 is 65.0 Å². The smallest absolute Gasteiger partial charge is 0.471 e. The third-order valence-electron chi connectivity index (χ3n) is 11.3. The second-order valence-corrected chi connectivity index (χ2v) is 17.9. The number of rotatable bonds is 24. The van der Waals surface area contributed by atoms with Gasteiger partial charge in [0.15, 0.2) is 6.29 Å². The summed E-state index contributed by atoms with van der Waals surface area (Å²) in [7, 11) is 2.65. The number of ether oxygens (including phenoxy) is 7. The van der Waals surface area contributed by atoms with Crippen molar-refractivity contribution in [2.45, 2.75) is 89.6 Å². The molecule has 1 fully saturated rings. The molecule has 2 amide bonds. The molecule has 6 atom stereocenters. The zero-order chi connectivity index (χ0) is 50.1. The lowest BCUT2D eigenvalue weighted by Gasteiger charge is -2.47. The van der Waals surface area contributed by atoms with E-state index in [4.69, 9.17) is 48.8 Å². The van der Waals surface area contributed by atoms with Crippen molar-refractivity contribution in [2.24, 2.45) is 5.92 Å². The molecule has 69 heavy (non-hydrogen) atoms. The van der Waals surface area contributed by atoms with E-state index in [2.05, 4.69) is 15.5 Å². The molecule has 6 unspecified atom stereocenters. The molecule has 0 aliphatic carbocycles. The van der Waals surface area contributed by atoms with Crippen molar-refractivity contribution in [1.29, 1.82) is 0 Å². The Morgan fingerprint density at radius 1 is 0.797 bits per heavy atom. The fraction of sp³-hybridized carbons (Fsp3) is 0.460. The number of nitrogens with zero attached hydrogens (tertiary/aromatic N) is 2. The molecule has 1 aliphatic heterocycles. The minimum Gasteiger partial charge on any atom is -0.497 e. The molecule has 19 heteroatoms. The summed E-state index contributed by atoms with van der Waals surface area (Å²) in [4.78, 5) is 29.4. The summed E-state index contributed by atoms with van der Waals surface area (Å²) >= 11 is 0. The average Bonchev–Trinajstić information content (AvgIpc) is 3.34. The van der Waals surface area contributed by atoms with Crippen molar-refractivity contribution >= 4 is 20.5 Å². The van der Waals surface area contributed by atoms with E-state index in [1.165, 1.54) is 7.11 Å². The maximum Gasteiger partial charge on any atom is 0.471 e. The highest BCUT2D eigenvalue weighted by Gasteiger charge is 2.51. The summed E-state index contributed by atoms with van der Waals surface area (Å²) in [6.45, 7) is 15.9. The van der Waals surface area contributed by atoms with Crippen molar-refractivity contribution in [3.8, 4) is 17.2 Å². The standard InChI is InChI=1S/C50H62F3N4O11P/c1-33(2)57(34(3)4)69(66-27-26-54-6)68-45-35(5)44(56-47(58)50(51,52)53)46(67-43(45)32-64-48(59)55-31-36-14-13-17-42(30-36)62-9)63-28-29-65-49(37-15-11-10-12-16-37,38-18-22-40(60-7)23-19-38)39-20-24-41(61-8)25-21-39/h10-25,30,33-35,43-46H,26-29,31-32H2,1-5,7-9H3,(H,55,59)(H,56,58). The van der Waals surface area contributed by atoms with Gasteiger partial charge in [0.05, 0.1) is 46.7 Å². The Kier molecular flexibility index (Phi) is 20.4. The number of carbonyl (C=O) groups is 2. The minimum atomic E-state index is -5.27. The van der Waals surface area contributed by atoms with E-state index >= 15 is 0 Å². The number of nitrogens with one attached hydrogen (secondary N) is 2. The summed E-state index contributed by atoms with van der Waals surface area (Å²) in [6, 6.07) is 29.6. The molecule has 15 nitrogen and oxygen atoms in total. The molecule has 4 aromatic rings. The number of alkyl carbamates (subject to hydrolysis) is 1. The highest BCUT2D eigenvalue weighted by molar-refractivity contribution is 7.44. The van der Waals surface area contributed by atoms with Gasteiger partial charge >= 0.3 is 18.2 Å². The molecule has 1 heterocycles. The van der Waals surface area contributed by atoms with Crippen molar-refractivity contribution in [2.75, 3.05) is 54.3 Å². The molecule has 5 rings (SSSR count). The lowest BCUT2D eigenvalue weighted by Crippen LogP contribution is -2.63. The predicted molar refractivity (Wildman–Crippen MR) is 253 cm³/mol. The molecule has 0 spiro atoms. The Morgan fingerprint density at radius 3 is 1.94 bits per heavy atom. The summed E-state index contributed by atoms with van der Waals surface area (Å²) < 4.78 is 98.7. The first-order valence-corrected chi connectivity index (χ1v) is 23.6. The molecule has 1 saturated heterocycles. The Balaban J connectivity index is 1.49. The quantitative estimate of drug-likeness (QED) is 0.0299. The SMILES string of the molecule is [C-]#[N+]CCOP(OC1C(COC(=O)NCc2cccc(OC)c2)OC(OCCOC(c2ccccc2)(c2ccc(OC)cc2)c2ccc(OC)cc2)C(NC(=O)C(F)(F)F)C1C)N(C(C)C)C(C)C. The van der Waals surface area contributed by atoms with Gasteiger partial charge in [-0.1, -0.05) is 73.7 Å². The third-order valence-corrected chi connectivity index (χ3v) is 13.4. The van der Waals surface area contributed by atoms with E-state index in [0.29, 0.717) is 17.2 Å². The molecular formula is C50H62F3N4O11P. The van der Waals surface area contributed by atoms with Gasteiger partial charge in [0.2, 0.25) is 6.54 Å². The number of alkyl halides is 3. The maximum atomic E-state index is 14.1. The van der Waals surface area contributed by atoms with Gasteiger partial charge in [-0.05, 0) is 86.3 Å². The lowest BCUT2D eigenvalue weighted by atomic mass is 9.80. The molecule has 0 aromatic heterocycles. The van der Waals surface area contributed by atoms with Gasteiger partial charge in [-0.15, -0.1) is 0 Å². The van der Waals surface area contributed by atoms with Gasteiger partial charge in [0.1, 0.15) is 42.2 Å². The van der Waals surface area contributed by atoms with Crippen molar-refractivity contribution in [3.63, 3.8) is 0 Å². The number of carbonyl (C=O) groups excluding carboxylic acids is 2. The van der Waals surface area contributed by atoms with Crippen LogP contribution in [-0.2, 0) is 44.9 Å². The maximum absolute atomic E-state index is 14.1. The predicted octanol–water partition coefficient (Wildman–Crippen LogP) is 9.04. The number of halogens is 3. The van der Waals surface area contributed by atoms with Crippen LogP contribution in [0.3, 0.4) is 0 Å². The largest absolute Gasteiger partial charge is 0.497 e. The molecule has 374 valence electrons. The Hall–Kier alpha value is -5.51. The molecule has 1 aliphatic rings. The van der Waals surface area contributed by atoms with Crippen LogP contribution in [0.1, 0.15) is 56.9 Å². The number of amides is 2. The van der Waals surface area contributed by atoms with E-state index in [1.54, 1.807) is 45.4 Å². The van der Waals surface area contributed by atoms with Crippen LogP contribution in [0.15, 0.2) is 103 Å². The molecule has 0 saturated carbocycles. The van der Waals surface area contributed by atoms with E-state index in [0.717, 1.165) is 22.3 Å². The summed E-state index contributed by atoms with van der Waals surface area (Å²) in [5.41, 5.74) is 1.68. The highest BCUT2D eigenvalue weighted by atomic mass is 31.2. The van der Waals surface area contributed by atoms with E-state index in [-0.39, 0.29) is 45.0 Å². The number of methoxy groups -OCH3 is 3. The molecule has 2 N–H and O–H groups in total. The normalized spacial score (nSPS) is 18.9. The zero-order valence-electron chi connectivity index (χ0n) is 40.1. The zero-order valence-corrected chi connectivity index (χ0v) is 41.0. The first kappa shape index (κ1) is 54.4. The van der Waals surface area contributed by atoms with Crippen LogP contribution >= 0.6 is 8.53 Å². The van der Waals surface area contributed by atoms with Gasteiger partial charge in [-0.3, -0.25) is 4.79 Å². The number of hydrogen-bond acceptors (Lipinski definition) is 12. The van der Waals surface area contributed by atoms with Crippen molar-refractivity contribution in [3.05, 3.63) is 137 Å². The monoisotopic (exact) mass is 982 g/mol. The van der Waals surface area contributed by atoms with Crippen LogP contribution in [0.25, 0.3) is 4.85 Å². The van der Waals surface area contributed by atoms with Crippen LogP contribution in [0, 0.1) is 12.5 Å².